The van der Waals surface area contributed by atoms with E-state index in [0.29, 0.717) is 5.06 Å². The van der Waals surface area contributed by atoms with Crippen molar-refractivity contribution in [2.24, 2.45) is 0 Å². The molecule has 12 heteroatoms. The first-order valence-electron chi connectivity index (χ1n) is 14.3. The molecule has 3 aromatic carbocycles. The van der Waals surface area contributed by atoms with E-state index in [0.717, 1.165) is 15.7 Å². The van der Waals surface area contributed by atoms with Crippen molar-refractivity contribution in [1.82, 2.24) is 14.6 Å². The van der Waals surface area contributed by atoms with E-state index in [1.54, 1.807) is 12.1 Å². The van der Waals surface area contributed by atoms with Crippen LogP contribution in [0.1, 0.15) is 43.6 Å². The quantitative estimate of drug-likeness (QED) is 0.243. The molecule has 0 radical (unpaired) electrons. The monoisotopic (exact) mass is 613 g/mol. The summed E-state index contributed by atoms with van der Waals surface area (Å²) in [7, 11) is 0. The van der Waals surface area contributed by atoms with E-state index in [2.05, 4.69) is 4.98 Å². The van der Waals surface area contributed by atoms with Crippen molar-refractivity contribution in [3.05, 3.63) is 140 Å². The van der Waals surface area contributed by atoms with Crippen LogP contribution in [0.25, 0.3) is 0 Å². The summed E-state index contributed by atoms with van der Waals surface area (Å²) in [6, 6.07) is 24.9. The van der Waals surface area contributed by atoms with Crippen LogP contribution >= 0.6 is 0 Å². The van der Waals surface area contributed by atoms with E-state index in [1.807, 2.05) is 60.7 Å². The van der Waals surface area contributed by atoms with E-state index in [1.165, 1.54) is 25.3 Å². The van der Waals surface area contributed by atoms with Gasteiger partial charge in [0.25, 0.3) is 17.4 Å². The number of amides is 2. The van der Waals surface area contributed by atoms with E-state index in [9.17, 15) is 24.3 Å². The average Bonchev–Trinajstić information content (AvgIpc) is 3.49. The number of hydrogen-bond donors (Lipinski definition) is 2. The number of ether oxygens (including phenoxy) is 3. The summed E-state index contributed by atoms with van der Waals surface area (Å²) in [6.07, 6.45) is -2.62. The molecule has 0 saturated carbocycles. The third kappa shape index (κ3) is 5.89. The highest BCUT2D eigenvalue weighted by atomic mass is 16.7. The van der Waals surface area contributed by atoms with Gasteiger partial charge in [0, 0.05) is 11.8 Å². The van der Waals surface area contributed by atoms with Crippen molar-refractivity contribution in [2.75, 3.05) is 13.2 Å². The summed E-state index contributed by atoms with van der Waals surface area (Å²) in [4.78, 5) is 60.5. The van der Waals surface area contributed by atoms with Gasteiger partial charge in [-0.1, -0.05) is 72.8 Å². The molecule has 6 rings (SSSR count). The highest BCUT2D eigenvalue weighted by Gasteiger charge is 2.60. The largest absolute Gasteiger partial charge is 0.393 e. The molecule has 4 aromatic rings. The molecule has 12 nitrogen and oxygen atoms in total. The molecule has 0 aliphatic carbocycles. The number of H-pyrrole nitrogens is 1. The van der Waals surface area contributed by atoms with Gasteiger partial charge < -0.3 is 19.3 Å². The van der Waals surface area contributed by atoms with Gasteiger partial charge in [-0.3, -0.25) is 28.8 Å². The maximum Gasteiger partial charge on any atom is 0.330 e. The fraction of sp³-hybridized carbons (Fsp3) is 0.273. The number of aryl methyl sites for hydroxylation is 1. The van der Waals surface area contributed by atoms with Crippen LogP contribution in [0.5, 0.6) is 0 Å². The molecule has 2 amide bonds. The fourth-order valence-electron chi connectivity index (χ4n) is 5.52. The number of hydroxylamine groups is 2. The molecule has 232 valence electrons. The average molecular weight is 614 g/mol. The first-order chi connectivity index (χ1) is 21.8. The zero-order chi connectivity index (χ0) is 31.6. The molecule has 4 atom stereocenters. The number of aromatic nitrogens is 2. The molecule has 2 aliphatic rings. The number of fused-ring (bicyclic) bond motifs is 1. The molecule has 2 aliphatic heterocycles. The molecule has 2 N–H and O–H groups in total. The molecule has 1 saturated heterocycles. The first-order valence-corrected chi connectivity index (χ1v) is 14.3. The van der Waals surface area contributed by atoms with Crippen molar-refractivity contribution < 1.29 is 33.7 Å². The highest BCUT2D eigenvalue weighted by molar-refractivity contribution is 6.20. The van der Waals surface area contributed by atoms with Gasteiger partial charge in [0.2, 0.25) is 0 Å². The molecule has 0 bridgehead atoms. The van der Waals surface area contributed by atoms with Gasteiger partial charge in [-0.15, -0.1) is 5.06 Å². The smallest absolute Gasteiger partial charge is 0.330 e. The van der Waals surface area contributed by atoms with E-state index >= 15 is 0 Å². The summed E-state index contributed by atoms with van der Waals surface area (Å²) in [6.45, 7) is 0.854. The van der Waals surface area contributed by atoms with Crippen LogP contribution in [0.15, 0.2) is 101 Å². The van der Waals surface area contributed by atoms with Crippen molar-refractivity contribution >= 4 is 11.8 Å². The minimum atomic E-state index is -1.64. The number of carbonyl (C=O) groups excluding carboxylic acids is 2. The van der Waals surface area contributed by atoms with E-state index in [4.69, 9.17) is 19.0 Å². The number of aliphatic hydroxyl groups is 1. The lowest BCUT2D eigenvalue weighted by Gasteiger charge is -2.33. The fourth-order valence-corrected chi connectivity index (χ4v) is 5.52. The lowest BCUT2D eigenvalue weighted by Crippen LogP contribution is -2.53. The Labute approximate surface area is 257 Å². The van der Waals surface area contributed by atoms with Crippen molar-refractivity contribution in [2.45, 2.75) is 44.2 Å². The summed E-state index contributed by atoms with van der Waals surface area (Å²) < 4.78 is 20.0. The Morgan fingerprint density at radius 2 is 1.42 bits per heavy atom. The van der Waals surface area contributed by atoms with Gasteiger partial charge in [0.15, 0.2) is 12.3 Å². The third-order valence-corrected chi connectivity index (χ3v) is 7.86. The summed E-state index contributed by atoms with van der Waals surface area (Å²) in [5.74, 6) is -1.41. The number of nitrogens with one attached hydrogen (secondary N) is 1. The lowest BCUT2D eigenvalue weighted by atomic mass is 9.96. The zero-order valence-corrected chi connectivity index (χ0v) is 24.3. The maximum atomic E-state index is 13.4. The maximum absolute atomic E-state index is 13.4. The third-order valence-electron chi connectivity index (χ3n) is 7.86. The summed E-state index contributed by atoms with van der Waals surface area (Å²) >= 11 is 0. The minimum Gasteiger partial charge on any atom is -0.393 e. The van der Waals surface area contributed by atoms with Crippen LogP contribution in [-0.4, -0.2) is 62.6 Å². The van der Waals surface area contributed by atoms with Crippen LogP contribution in [0, 0.1) is 6.92 Å². The van der Waals surface area contributed by atoms with Gasteiger partial charge in [0.05, 0.1) is 37.6 Å². The normalized spacial score (nSPS) is 22.6. The van der Waals surface area contributed by atoms with Gasteiger partial charge in [0.1, 0.15) is 11.7 Å². The van der Waals surface area contributed by atoms with Crippen LogP contribution in [-0.2, 0) is 32.3 Å². The van der Waals surface area contributed by atoms with Gasteiger partial charge in [-0.25, -0.2) is 4.79 Å². The molecule has 3 heterocycles. The Bertz CT molecular complexity index is 1770. The number of carbonyl (C=O) groups is 2. The van der Waals surface area contributed by atoms with Crippen LogP contribution in [0.3, 0.4) is 0 Å². The second-order valence-corrected chi connectivity index (χ2v) is 10.9. The van der Waals surface area contributed by atoms with Crippen molar-refractivity contribution in [3.63, 3.8) is 0 Å². The predicted octanol–water partition coefficient (Wildman–Crippen LogP) is 2.50. The zero-order valence-electron chi connectivity index (χ0n) is 24.3. The SMILES string of the molecule is Cc1cn([C@@H]2O[C@](CO)(COCc3ccccc3)[C@@H](OCc3ccccc3)[C@H]2ON2C(=O)c3ccccc3C2=O)c(=O)[nH]c1=O. The Kier molecular flexibility index (Phi) is 8.57. The standard InChI is InChI=1S/C33H31N3O9/c1-21-16-35(32(41)34-28(21)38)31-26(45-36-29(39)24-14-8-9-15-25(24)30(36)40)27(43-18-23-12-6-3-7-13-23)33(19-37,44-31)20-42-17-22-10-4-2-5-11-22/h2-16,26-27,31,37H,17-20H2,1H3,(H,34,38,41)/t26-,27+,31-,33-/m1/s1. The lowest BCUT2D eigenvalue weighted by molar-refractivity contribution is -0.189. The van der Waals surface area contributed by atoms with Crippen LogP contribution in [0.2, 0.25) is 0 Å². The summed E-state index contributed by atoms with van der Waals surface area (Å²) in [5, 5.41) is 11.5. The topological polar surface area (TPSA) is 149 Å². The molecular weight excluding hydrogens is 582 g/mol. The molecule has 0 spiro atoms. The van der Waals surface area contributed by atoms with Gasteiger partial charge in [-0.2, -0.15) is 0 Å². The van der Waals surface area contributed by atoms with Crippen molar-refractivity contribution in [3.8, 4) is 0 Å². The van der Waals surface area contributed by atoms with Crippen LogP contribution in [0.4, 0.5) is 0 Å². The molecule has 45 heavy (non-hydrogen) atoms. The number of rotatable bonds is 11. The Hall–Kier alpha value is -4.72. The molecule has 0 unspecified atom stereocenters. The molecular formula is C33H31N3O9. The Balaban J connectivity index is 1.41. The van der Waals surface area contributed by atoms with E-state index in [-0.39, 0.29) is 36.5 Å². The number of hydrogen-bond acceptors (Lipinski definition) is 9. The number of imide groups is 1. The number of nitrogens with zero attached hydrogens (tertiary/aromatic N) is 2. The Morgan fingerprint density at radius 1 is 0.844 bits per heavy atom. The number of aromatic amines is 1. The highest BCUT2D eigenvalue weighted by Crippen LogP contribution is 2.42. The second-order valence-electron chi connectivity index (χ2n) is 10.9. The number of benzene rings is 3. The molecule has 1 fully saturated rings. The van der Waals surface area contributed by atoms with Gasteiger partial charge in [-0.05, 0) is 30.2 Å². The van der Waals surface area contributed by atoms with Gasteiger partial charge >= 0.3 is 5.69 Å². The first kappa shape index (κ1) is 30.3. The predicted molar refractivity (Wildman–Crippen MR) is 159 cm³/mol. The summed E-state index contributed by atoms with van der Waals surface area (Å²) in [5.41, 5.74) is -0.909. The number of aliphatic hydroxyl groups excluding tert-OH is 1. The van der Waals surface area contributed by atoms with Crippen LogP contribution < -0.4 is 11.2 Å². The van der Waals surface area contributed by atoms with Crippen molar-refractivity contribution in [1.29, 1.82) is 0 Å². The Morgan fingerprint density at radius 3 is 2.02 bits per heavy atom. The second kappa shape index (κ2) is 12.7. The molecule has 1 aromatic heterocycles. The van der Waals surface area contributed by atoms with E-state index < -0.39 is 53.7 Å². The minimum absolute atomic E-state index is 0.0313.